The maximum atomic E-state index is 8.67. The largest absolute Gasteiger partial charge is 0.412 e. The zero-order chi connectivity index (χ0) is 16.0. The summed E-state index contributed by atoms with van der Waals surface area (Å²) in [5.74, 6) is 0.891. The van der Waals surface area contributed by atoms with Crippen molar-refractivity contribution in [1.82, 2.24) is 5.48 Å². The Morgan fingerprint density at radius 2 is 1.36 bits per heavy atom. The van der Waals surface area contributed by atoms with E-state index in [1.807, 2.05) is 43.3 Å². The highest BCUT2D eigenvalue weighted by molar-refractivity contribution is 7.60. The van der Waals surface area contributed by atoms with Gasteiger partial charge in [-0.1, -0.05) is 60.7 Å². The van der Waals surface area contributed by atoms with Gasteiger partial charge in [-0.3, -0.25) is 0 Å². The van der Waals surface area contributed by atoms with Crippen LogP contribution < -0.4 is 5.48 Å². The Hall–Kier alpha value is -2.44. The predicted molar refractivity (Wildman–Crippen MR) is 83.3 cm³/mol. The first-order valence-corrected chi connectivity index (χ1v) is 7.67. The summed E-state index contributed by atoms with van der Waals surface area (Å²) in [5, 5.41) is 0. The summed E-state index contributed by atoms with van der Waals surface area (Å²) < 4.78 is 22.8. The molecule has 2 N–H and O–H groups in total. The standard InChI is InChI=1S/C16H15NO.HNO2S/c1-13-12-16(17-18-13,14-8-4-2-5-9-14)15-10-6-3-7-11-15;1-4(2)3/h2-12,17H,1H3;1H. The molecule has 114 valence electrons. The van der Waals surface area contributed by atoms with Gasteiger partial charge in [-0.15, -0.1) is 5.48 Å². The molecule has 0 unspecified atom stereocenters. The number of hydroxylamine groups is 1. The van der Waals surface area contributed by atoms with Gasteiger partial charge in [-0.2, -0.15) is 13.2 Å². The highest BCUT2D eigenvalue weighted by Crippen LogP contribution is 2.35. The van der Waals surface area contributed by atoms with Crippen molar-refractivity contribution in [3.8, 4) is 0 Å². The van der Waals surface area contributed by atoms with E-state index in [1.165, 1.54) is 11.1 Å². The molecule has 3 rings (SSSR count). The highest BCUT2D eigenvalue weighted by Gasteiger charge is 2.37. The van der Waals surface area contributed by atoms with Crippen LogP contribution in [-0.2, 0) is 20.9 Å². The summed E-state index contributed by atoms with van der Waals surface area (Å²) in [5.41, 5.74) is 5.13. The zero-order valence-electron chi connectivity index (χ0n) is 12.0. The van der Waals surface area contributed by atoms with Crippen LogP contribution in [0.15, 0.2) is 72.5 Å². The number of hydrogen-bond donors (Lipinski definition) is 2. The molecular weight excluding hydrogens is 300 g/mol. The number of nitrogens with one attached hydrogen (secondary N) is 2. The van der Waals surface area contributed by atoms with Gasteiger partial charge in [0.25, 0.3) is 0 Å². The summed E-state index contributed by atoms with van der Waals surface area (Å²) in [6.45, 7) is 1.96. The van der Waals surface area contributed by atoms with Crippen LogP contribution in [0.1, 0.15) is 18.1 Å². The van der Waals surface area contributed by atoms with Crippen molar-refractivity contribution >= 4 is 10.5 Å². The van der Waals surface area contributed by atoms with Gasteiger partial charge in [0.15, 0.2) is 0 Å². The Morgan fingerprint density at radius 3 is 1.68 bits per heavy atom. The molecule has 0 atom stereocenters. The van der Waals surface area contributed by atoms with Gasteiger partial charge in [0.2, 0.25) is 0 Å². The van der Waals surface area contributed by atoms with E-state index in [0.717, 1.165) is 5.76 Å². The molecule has 0 radical (unpaired) electrons. The van der Waals surface area contributed by atoms with Crippen LogP contribution in [0.3, 0.4) is 0 Å². The van der Waals surface area contributed by atoms with Gasteiger partial charge < -0.3 is 4.84 Å². The number of allylic oxidation sites excluding steroid dienone is 1. The van der Waals surface area contributed by atoms with Gasteiger partial charge in [-0.05, 0) is 24.1 Å². The fourth-order valence-electron chi connectivity index (χ4n) is 2.38. The van der Waals surface area contributed by atoms with Gasteiger partial charge in [-0.25, -0.2) is 0 Å². The Bertz CT molecular complexity index is 710. The molecule has 0 aliphatic carbocycles. The molecule has 0 amide bonds. The number of hydrogen-bond acceptors (Lipinski definition) is 5. The molecule has 5 nitrogen and oxygen atoms in total. The third kappa shape index (κ3) is 3.60. The molecule has 0 spiro atoms. The SMILES string of the molecule is CC1=CC(c2ccccc2)(c2ccccc2)NO1.N=S(=O)=O. The Morgan fingerprint density at radius 1 is 0.955 bits per heavy atom. The van der Waals surface area contributed by atoms with Crippen molar-refractivity contribution in [2.75, 3.05) is 0 Å². The van der Waals surface area contributed by atoms with Crippen LogP contribution in [0.2, 0.25) is 0 Å². The molecule has 1 aliphatic rings. The first-order valence-electron chi connectivity index (χ1n) is 6.59. The van der Waals surface area contributed by atoms with Gasteiger partial charge >= 0.3 is 10.5 Å². The molecule has 0 bridgehead atoms. The highest BCUT2D eigenvalue weighted by atomic mass is 32.2. The topological polar surface area (TPSA) is 79.2 Å². The molecule has 22 heavy (non-hydrogen) atoms. The lowest BCUT2D eigenvalue weighted by molar-refractivity contribution is 0.0927. The molecule has 1 heterocycles. The van der Waals surface area contributed by atoms with E-state index >= 15 is 0 Å². The van der Waals surface area contributed by atoms with E-state index in [1.54, 1.807) is 0 Å². The van der Waals surface area contributed by atoms with Gasteiger partial charge in [0.1, 0.15) is 11.3 Å². The smallest absolute Gasteiger partial charge is 0.308 e. The monoisotopic (exact) mass is 316 g/mol. The van der Waals surface area contributed by atoms with Crippen molar-refractivity contribution in [1.29, 1.82) is 4.78 Å². The molecule has 2 aromatic carbocycles. The molecule has 0 fully saturated rings. The third-order valence-electron chi connectivity index (χ3n) is 3.25. The van der Waals surface area contributed by atoms with Crippen molar-refractivity contribution in [2.24, 2.45) is 0 Å². The fourth-order valence-corrected chi connectivity index (χ4v) is 2.38. The molecule has 1 aliphatic heterocycles. The summed E-state index contributed by atoms with van der Waals surface area (Å²) in [6.07, 6.45) is 2.12. The van der Waals surface area contributed by atoms with Crippen LogP contribution in [0, 0.1) is 4.78 Å². The van der Waals surface area contributed by atoms with Crippen LogP contribution in [0.5, 0.6) is 0 Å². The second-order valence-electron chi connectivity index (χ2n) is 4.73. The first kappa shape index (κ1) is 15.9. The maximum Gasteiger partial charge on any atom is 0.308 e. The lowest BCUT2D eigenvalue weighted by Crippen LogP contribution is -2.37. The van der Waals surface area contributed by atoms with E-state index in [9.17, 15) is 0 Å². The van der Waals surface area contributed by atoms with Crippen molar-refractivity contribution in [3.63, 3.8) is 0 Å². The second-order valence-corrected chi connectivity index (χ2v) is 5.20. The van der Waals surface area contributed by atoms with E-state index < -0.39 is 10.5 Å². The Kier molecular flexibility index (Phi) is 5.08. The van der Waals surface area contributed by atoms with Crippen LogP contribution >= 0.6 is 0 Å². The summed E-state index contributed by atoms with van der Waals surface area (Å²) in [4.78, 5) is 5.49. The minimum absolute atomic E-state index is 0.382. The molecule has 2 aromatic rings. The van der Waals surface area contributed by atoms with Crippen molar-refractivity contribution < 1.29 is 13.3 Å². The average Bonchev–Trinajstić information content (AvgIpc) is 2.92. The molecular formula is C16H16N2O3S. The average molecular weight is 316 g/mol. The zero-order valence-corrected chi connectivity index (χ0v) is 12.8. The number of rotatable bonds is 2. The molecule has 0 saturated carbocycles. The van der Waals surface area contributed by atoms with Crippen LogP contribution in [0.4, 0.5) is 0 Å². The first-order chi connectivity index (χ1) is 10.5. The van der Waals surface area contributed by atoms with E-state index in [2.05, 4.69) is 35.8 Å². The van der Waals surface area contributed by atoms with Gasteiger partial charge in [0, 0.05) is 0 Å². The molecule has 6 heteroatoms. The second kappa shape index (κ2) is 7.02. The van der Waals surface area contributed by atoms with Crippen LogP contribution in [0.25, 0.3) is 0 Å². The van der Waals surface area contributed by atoms with Crippen LogP contribution in [-0.4, -0.2) is 8.42 Å². The predicted octanol–water partition coefficient (Wildman–Crippen LogP) is 3.00. The fraction of sp³-hybridized carbons (Fsp3) is 0.125. The quantitative estimate of drug-likeness (QED) is 0.892. The summed E-state index contributed by atoms with van der Waals surface area (Å²) in [6, 6.07) is 20.7. The van der Waals surface area contributed by atoms with E-state index in [-0.39, 0.29) is 5.54 Å². The van der Waals surface area contributed by atoms with E-state index in [0.29, 0.717) is 0 Å². The lowest BCUT2D eigenvalue weighted by atomic mass is 9.83. The Labute approximate surface area is 130 Å². The third-order valence-corrected chi connectivity index (χ3v) is 3.25. The number of benzene rings is 2. The molecule has 0 saturated heterocycles. The van der Waals surface area contributed by atoms with Gasteiger partial charge in [0.05, 0.1) is 0 Å². The summed E-state index contributed by atoms with van der Waals surface area (Å²) >= 11 is 0. The Balaban J connectivity index is 0.000000396. The maximum absolute atomic E-state index is 8.67. The summed E-state index contributed by atoms with van der Waals surface area (Å²) in [7, 11) is -2.61. The van der Waals surface area contributed by atoms with E-state index in [4.69, 9.17) is 18.0 Å². The minimum Gasteiger partial charge on any atom is -0.412 e. The minimum atomic E-state index is -2.61. The van der Waals surface area contributed by atoms with Crippen molar-refractivity contribution in [3.05, 3.63) is 83.6 Å². The lowest BCUT2D eigenvalue weighted by Gasteiger charge is -2.27. The van der Waals surface area contributed by atoms with Crippen molar-refractivity contribution in [2.45, 2.75) is 12.5 Å². The molecule has 0 aromatic heterocycles. The normalized spacial score (nSPS) is 15.0.